The van der Waals surface area contributed by atoms with Crippen molar-refractivity contribution in [2.24, 2.45) is 0 Å². The average Bonchev–Trinajstić information content (AvgIpc) is 2.48. The van der Waals surface area contributed by atoms with Crippen LogP contribution < -0.4 is 10.1 Å². The number of benzene rings is 1. The Kier molecular flexibility index (Phi) is 4.39. The summed E-state index contributed by atoms with van der Waals surface area (Å²) in [6.45, 7) is 4.31. The molecule has 0 aliphatic heterocycles. The van der Waals surface area contributed by atoms with Crippen molar-refractivity contribution in [1.82, 2.24) is 4.98 Å². The number of anilines is 1. The zero-order chi connectivity index (χ0) is 13.7. The summed E-state index contributed by atoms with van der Waals surface area (Å²) in [6.07, 6.45) is 2.86. The molecular weight excluding hydrogens is 236 g/mol. The SMILES string of the molecule is CCc1ccc(C(C)Nc2ccc(OC)nc2)cc1. The summed E-state index contributed by atoms with van der Waals surface area (Å²) >= 11 is 0. The van der Waals surface area contributed by atoms with Crippen molar-refractivity contribution >= 4 is 5.69 Å². The van der Waals surface area contributed by atoms with Gasteiger partial charge >= 0.3 is 0 Å². The van der Waals surface area contributed by atoms with Crippen LogP contribution in [-0.2, 0) is 6.42 Å². The second-order valence-corrected chi connectivity index (χ2v) is 4.55. The van der Waals surface area contributed by atoms with Gasteiger partial charge in [-0.3, -0.25) is 0 Å². The van der Waals surface area contributed by atoms with Crippen molar-refractivity contribution < 1.29 is 4.74 Å². The zero-order valence-electron chi connectivity index (χ0n) is 11.7. The van der Waals surface area contributed by atoms with Gasteiger partial charge in [0.05, 0.1) is 19.0 Å². The van der Waals surface area contributed by atoms with E-state index in [1.54, 1.807) is 13.3 Å². The van der Waals surface area contributed by atoms with Crippen molar-refractivity contribution in [1.29, 1.82) is 0 Å². The van der Waals surface area contributed by atoms with Gasteiger partial charge in [-0.2, -0.15) is 0 Å². The van der Waals surface area contributed by atoms with Crippen LogP contribution >= 0.6 is 0 Å². The molecule has 1 atom stereocenters. The molecule has 2 aromatic rings. The predicted molar refractivity (Wildman–Crippen MR) is 78.6 cm³/mol. The van der Waals surface area contributed by atoms with Crippen molar-refractivity contribution in [2.45, 2.75) is 26.3 Å². The summed E-state index contributed by atoms with van der Waals surface area (Å²) in [6, 6.07) is 12.8. The third-order valence-corrected chi connectivity index (χ3v) is 3.22. The number of nitrogens with one attached hydrogen (secondary N) is 1. The Labute approximate surface area is 114 Å². The van der Waals surface area contributed by atoms with Gasteiger partial charge in [0.15, 0.2) is 0 Å². The lowest BCUT2D eigenvalue weighted by Crippen LogP contribution is -2.06. The molecule has 0 saturated heterocycles. The summed E-state index contributed by atoms with van der Waals surface area (Å²) in [5, 5.41) is 3.43. The Morgan fingerprint density at radius 1 is 1.16 bits per heavy atom. The molecule has 1 unspecified atom stereocenters. The fraction of sp³-hybridized carbons (Fsp3) is 0.312. The summed E-state index contributed by atoms with van der Waals surface area (Å²) < 4.78 is 5.05. The van der Waals surface area contributed by atoms with E-state index in [1.807, 2.05) is 12.1 Å². The first-order valence-corrected chi connectivity index (χ1v) is 6.58. The van der Waals surface area contributed by atoms with Crippen LogP contribution in [0.1, 0.15) is 31.0 Å². The minimum Gasteiger partial charge on any atom is -0.481 e. The first-order chi connectivity index (χ1) is 9.22. The molecule has 3 heteroatoms. The van der Waals surface area contributed by atoms with Crippen LogP contribution in [-0.4, -0.2) is 12.1 Å². The smallest absolute Gasteiger partial charge is 0.213 e. The highest BCUT2D eigenvalue weighted by Crippen LogP contribution is 2.20. The first kappa shape index (κ1) is 13.4. The Hall–Kier alpha value is -2.03. The van der Waals surface area contributed by atoms with Crippen molar-refractivity contribution in [3.8, 4) is 5.88 Å². The first-order valence-electron chi connectivity index (χ1n) is 6.58. The van der Waals surface area contributed by atoms with Crippen molar-refractivity contribution in [3.05, 3.63) is 53.7 Å². The fourth-order valence-electron chi connectivity index (χ4n) is 1.96. The van der Waals surface area contributed by atoms with Crippen LogP contribution in [0.4, 0.5) is 5.69 Å². The van der Waals surface area contributed by atoms with E-state index in [0.29, 0.717) is 5.88 Å². The summed E-state index contributed by atoms with van der Waals surface area (Å²) in [7, 11) is 1.62. The second kappa shape index (κ2) is 6.23. The minimum atomic E-state index is 0.251. The summed E-state index contributed by atoms with van der Waals surface area (Å²) in [5.41, 5.74) is 3.63. The number of rotatable bonds is 5. The largest absolute Gasteiger partial charge is 0.481 e. The summed E-state index contributed by atoms with van der Waals surface area (Å²) in [4.78, 5) is 4.19. The number of pyridine rings is 1. The van der Waals surface area contributed by atoms with E-state index in [-0.39, 0.29) is 6.04 Å². The topological polar surface area (TPSA) is 34.1 Å². The number of hydrogen-bond acceptors (Lipinski definition) is 3. The van der Waals surface area contributed by atoms with E-state index in [2.05, 4.69) is 48.4 Å². The van der Waals surface area contributed by atoms with Crippen LogP contribution in [0.2, 0.25) is 0 Å². The molecule has 0 bridgehead atoms. The summed E-state index contributed by atoms with van der Waals surface area (Å²) in [5.74, 6) is 0.630. The third-order valence-electron chi connectivity index (χ3n) is 3.22. The van der Waals surface area contributed by atoms with Gasteiger partial charge < -0.3 is 10.1 Å². The van der Waals surface area contributed by atoms with Gasteiger partial charge in [-0.25, -0.2) is 4.98 Å². The standard InChI is InChI=1S/C16H20N2O/c1-4-13-5-7-14(8-6-13)12(2)18-15-9-10-16(19-3)17-11-15/h5-12,18H,4H2,1-3H3. The molecule has 1 heterocycles. The molecule has 0 amide bonds. The fourth-order valence-corrected chi connectivity index (χ4v) is 1.96. The van der Waals surface area contributed by atoms with Gasteiger partial charge in [-0.1, -0.05) is 31.2 Å². The van der Waals surface area contributed by atoms with E-state index in [9.17, 15) is 0 Å². The monoisotopic (exact) mass is 256 g/mol. The van der Waals surface area contributed by atoms with Gasteiger partial charge in [0.25, 0.3) is 0 Å². The maximum Gasteiger partial charge on any atom is 0.213 e. The third kappa shape index (κ3) is 3.47. The van der Waals surface area contributed by atoms with Gasteiger partial charge in [0.1, 0.15) is 0 Å². The highest BCUT2D eigenvalue weighted by atomic mass is 16.5. The van der Waals surface area contributed by atoms with Crippen molar-refractivity contribution in [2.75, 3.05) is 12.4 Å². The Morgan fingerprint density at radius 3 is 2.42 bits per heavy atom. The van der Waals surface area contributed by atoms with Crippen LogP contribution in [0.15, 0.2) is 42.6 Å². The van der Waals surface area contributed by atoms with Crippen molar-refractivity contribution in [3.63, 3.8) is 0 Å². The lowest BCUT2D eigenvalue weighted by molar-refractivity contribution is 0.398. The second-order valence-electron chi connectivity index (χ2n) is 4.55. The quantitative estimate of drug-likeness (QED) is 0.883. The molecule has 0 aliphatic rings. The highest BCUT2D eigenvalue weighted by Gasteiger charge is 2.05. The van der Waals surface area contributed by atoms with Crippen LogP contribution in [0, 0.1) is 0 Å². The molecular formula is C16H20N2O. The molecule has 0 aliphatic carbocycles. The van der Waals surface area contributed by atoms with Gasteiger partial charge in [0.2, 0.25) is 5.88 Å². The van der Waals surface area contributed by atoms with Gasteiger partial charge in [-0.05, 0) is 30.5 Å². The number of aryl methyl sites for hydroxylation is 1. The van der Waals surface area contributed by atoms with Gasteiger partial charge in [0, 0.05) is 12.1 Å². The van der Waals surface area contributed by atoms with Crippen LogP contribution in [0.3, 0.4) is 0 Å². The molecule has 0 fully saturated rings. The molecule has 3 nitrogen and oxygen atoms in total. The lowest BCUT2D eigenvalue weighted by atomic mass is 10.0. The molecule has 0 radical (unpaired) electrons. The predicted octanol–water partition coefficient (Wildman–Crippen LogP) is 3.83. The molecule has 1 aromatic heterocycles. The number of hydrogen-bond donors (Lipinski definition) is 1. The number of methoxy groups -OCH3 is 1. The van der Waals surface area contributed by atoms with E-state index in [4.69, 9.17) is 4.74 Å². The molecule has 1 aromatic carbocycles. The minimum absolute atomic E-state index is 0.251. The molecule has 0 spiro atoms. The normalized spacial score (nSPS) is 11.9. The van der Waals surface area contributed by atoms with E-state index in [1.165, 1.54) is 11.1 Å². The molecule has 1 N–H and O–H groups in total. The Morgan fingerprint density at radius 2 is 1.89 bits per heavy atom. The number of aromatic nitrogens is 1. The molecule has 100 valence electrons. The Bertz CT molecular complexity index is 505. The maximum absolute atomic E-state index is 5.05. The number of ether oxygens (including phenoxy) is 1. The van der Waals surface area contributed by atoms with Crippen LogP contribution in [0.25, 0.3) is 0 Å². The number of nitrogens with zero attached hydrogens (tertiary/aromatic N) is 1. The van der Waals surface area contributed by atoms with Gasteiger partial charge in [-0.15, -0.1) is 0 Å². The van der Waals surface area contributed by atoms with E-state index < -0.39 is 0 Å². The Balaban J connectivity index is 2.04. The zero-order valence-corrected chi connectivity index (χ0v) is 11.7. The molecule has 2 rings (SSSR count). The molecule has 19 heavy (non-hydrogen) atoms. The van der Waals surface area contributed by atoms with E-state index in [0.717, 1.165) is 12.1 Å². The molecule has 0 saturated carbocycles. The average molecular weight is 256 g/mol. The maximum atomic E-state index is 5.05. The van der Waals surface area contributed by atoms with E-state index >= 15 is 0 Å². The highest BCUT2D eigenvalue weighted by molar-refractivity contribution is 5.44. The van der Waals surface area contributed by atoms with Crippen LogP contribution in [0.5, 0.6) is 5.88 Å². The lowest BCUT2D eigenvalue weighted by Gasteiger charge is -2.16.